The molecule has 0 unspecified atom stereocenters. The van der Waals surface area contributed by atoms with Gasteiger partial charge in [0.2, 0.25) is 0 Å². The van der Waals surface area contributed by atoms with Crippen molar-refractivity contribution < 1.29 is 9.47 Å². The number of nitrogens with one attached hydrogen (secondary N) is 1. The van der Waals surface area contributed by atoms with Crippen molar-refractivity contribution in [3.05, 3.63) is 39.4 Å². The number of hydrogen-bond acceptors (Lipinski definition) is 4. The Labute approximate surface area is 122 Å². The maximum absolute atomic E-state index is 12.5. The highest BCUT2D eigenvalue weighted by Gasteiger charge is 2.12. The predicted octanol–water partition coefficient (Wildman–Crippen LogP) is 2.46. The first-order chi connectivity index (χ1) is 9.67. The van der Waals surface area contributed by atoms with Gasteiger partial charge in [0.25, 0.3) is 5.56 Å². The number of nitrogens with zero attached hydrogens (tertiary/aromatic N) is 1. The highest BCUT2D eigenvalue weighted by atomic mass is 32.1. The van der Waals surface area contributed by atoms with Gasteiger partial charge < -0.3 is 14.5 Å². The maximum atomic E-state index is 12.5. The molecule has 0 aliphatic rings. The molecule has 6 heteroatoms. The molecule has 108 valence electrons. The summed E-state index contributed by atoms with van der Waals surface area (Å²) in [4.78, 5) is 15.5. The molecule has 1 N–H and O–H groups in total. The maximum Gasteiger partial charge on any atom is 0.262 e. The van der Waals surface area contributed by atoms with E-state index >= 15 is 0 Å². The lowest BCUT2D eigenvalue weighted by molar-refractivity contribution is -0.144. The van der Waals surface area contributed by atoms with Gasteiger partial charge in [-0.3, -0.25) is 9.36 Å². The van der Waals surface area contributed by atoms with Crippen LogP contribution < -0.4 is 5.56 Å². The molecule has 1 aromatic carbocycles. The van der Waals surface area contributed by atoms with Gasteiger partial charge in [-0.25, -0.2) is 0 Å². The Hall–Kier alpha value is -1.50. The molecule has 5 nitrogen and oxygen atoms in total. The smallest absolute Gasteiger partial charge is 0.262 e. The lowest BCUT2D eigenvalue weighted by Crippen LogP contribution is -2.31. The summed E-state index contributed by atoms with van der Waals surface area (Å²) in [5.41, 5.74) is 0.608. The number of aromatic nitrogens is 2. The van der Waals surface area contributed by atoms with E-state index < -0.39 is 6.29 Å². The molecular weight excluding hydrogens is 276 g/mol. The van der Waals surface area contributed by atoms with E-state index in [2.05, 4.69) is 4.98 Å². The third-order valence-corrected chi connectivity index (χ3v) is 3.25. The number of rotatable bonds is 6. The molecule has 2 aromatic rings. The minimum Gasteiger partial charge on any atom is -0.351 e. The van der Waals surface area contributed by atoms with E-state index in [1.165, 1.54) is 4.57 Å². The molecule has 1 heterocycles. The van der Waals surface area contributed by atoms with Crippen LogP contribution in [0.25, 0.3) is 10.9 Å². The zero-order chi connectivity index (χ0) is 14.5. The van der Waals surface area contributed by atoms with Crippen LogP contribution in [-0.2, 0) is 16.0 Å². The zero-order valence-electron chi connectivity index (χ0n) is 11.6. The molecule has 0 aliphatic carbocycles. The minimum atomic E-state index is -0.473. The summed E-state index contributed by atoms with van der Waals surface area (Å²) in [6.07, 6.45) is -0.473. The lowest BCUT2D eigenvalue weighted by atomic mass is 10.2. The van der Waals surface area contributed by atoms with E-state index in [4.69, 9.17) is 21.7 Å². The summed E-state index contributed by atoms with van der Waals surface area (Å²) in [5, 5.41) is 0.604. The van der Waals surface area contributed by atoms with Crippen molar-refractivity contribution in [2.75, 3.05) is 13.2 Å². The Balaban J connectivity index is 2.43. The van der Waals surface area contributed by atoms with Crippen LogP contribution in [-0.4, -0.2) is 29.1 Å². The molecular formula is C14H18N2O3S. The number of hydrogen-bond donors (Lipinski definition) is 1. The zero-order valence-corrected chi connectivity index (χ0v) is 12.4. The van der Waals surface area contributed by atoms with E-state index in [1.54, 1.807) is 6.07 Å². The van der Waals surface area contributed by atoms with Crippen molar-refractivity contribution in [3.8, 4) is 0 Å². The number of ether oxygens (including phenoxy) is 2. The second-order valence-electron chi connectivity index (χ2n) is 4.23. The van der Waals surface area contributed by atoms with Crippen molar-refractivity contribution in [3.63, 3.8) is 0 Å². The Bertz CT molecular complexity index is 687. The molecule has 0 bridgehead atoms. The van der Waals surface area contributed by atoms with Crippen LogP contribution in [0, 0.1) is 4.77 Å². The largest absolute Gasteiger partial charge is 0.351 e. The molecule has 20 heavy (non-hydrogen) atoms. The fourth-order valence-corrected chi connectivity index (χ4v) is 2.31. The van der Waals surface area contributed by atoms with Crippen LogP contribution in [0.2, 0.25) is 0 Å². The summed E-state index contributed by atoms with van der Waals surface area (Å²) in [6, 6.07) is 7.29. The Morgan fingerprint density at radius 3 is 2.55 bits per heavy atom. The molecule has 0 amide bonds. The van der Waals surface area contributed by atoms with E-state index in [0.29, 0.717) is 23.4 Å². The Kier molecular flexibility index (Phi) is 5.05. The SMILES string of the molecule is CCOC(Cn1c(=S)[nH]c2ccccc2c1=O)OCC. The van der Waals surface area contributed by atoms with Crippen LogP contribution in [0.4, 0.5) is 0 Å². The molecule has 0 aliphatic heterocycles. The number of benzene rings is 1. The topological polar surface area (TPSA) is 56.2 Å². The van der Waals surface area contributed by atoms with Crippen LogP contribution in [0.1, 0.15) is 13.8 Å². The monoisotopic (exact) mass is 294 g/mol. The van der Waals surface area contributed by atoms with E-state index in [9.17, 15) is 4.79 Å². The fourth-order valence-electron chi connectivity index (χ4n) is 2.04. The van der Waals surface area contributed by atoms with Gasteiger partial charge in [-0.15, -0.1) is 0 Å². The van der Waals surface area contributed by atoms with Crippen molar-refractivity contribution in [1.82, 2.24) is 9.55 Å². The minimum absolute atomic E-state index is 0.131. The number of para-hydroxylation sites is 1. The van der Waals surface area contributed by atoms with Gasteiger partial charge in [0.1, 0.15) is 0 Å². The van der Waals surface area contributed by atoms with Gasteiger partial charge >= 0.3 is 0 Å². The summed E-state index contributed by atoms with van der Waals surface area (Å²) in [7, 11) is 0. The quantitative estimate of drug-likeness (QED) is 0.657. The average molecular weight is 294 g/mol. The molecule has 0 atom stereocenters. The first-order valence-corrected chi connectivity index (χ1v) is 7.03. The molecule has 0 saturated carbocycles. The molecule has 1 aromatic heterocycles. The predicted molar refractivity (Wildman–Crippen MR) is 80.4 cm³/mol. The first-order valence-electron chi connectivity index (χ1n) is 6.62. The second kappa shape index (κ2) is 6.78. The van der Waals surface area contributed by atoms with E-state index in [1.807, 2.05) is 32.0 Å². The Morgan fingerprint density at radius 2 is 1.90 bits per heavy atom. The van der Waals surface area contributed by atoms with Crippen LogP contribution in [0.15, 0.2) is 29.1 Å². The lowest BCUT2D eigenvalue weighted by Gasteiger charge is -2.18. The molecule has 0 saturated heterocycles. The van der Waals surface area contributed by atoms with Gasteiger partial charge in [-0.05, 0) is 38.2 Å². The molecule has 2 rings (SSSR count). The molecule has 0 fully saturated rings. The number of aromatic amines is 1. The summed E-state index contributed by atoms with van der Waals surface area (Å²) >= 11 is 5.25. The average Bonchev–Trinajstić information content (AvgIpc) is 2.44. The van der Waals surface area contributed by atoms with E-state index in [0.717, 1.165) is 5.52 Å². The highest BCUT2D eigenvalue weighted by molar-refractivity contribution is 7.71. The summed E-state index contributed by atoms with van der Waals surface area (Å²) < 4.78 is 12.8. The van der Waals surface area contributed by atoms with Crippen molar-refractivity contribution in [1.29, 1.82) is 0 Å². The summed E-state index contributed by atoms with van der Waals surface area (Å²) in [6.45, 7) is 5.08. The first kappa shape index (κ1) is 14.9. The van der Waals surface area contributed by atoms with Gasteiger partial charge in [-0.2, -0.15) is 0 Å². The van der Waals surface area contributed by atoms with Crippen molar-refractivity contribution >= 4 is 23.1 Å². The van der Waals surface area contributed by atoms with Crippen LogP contribution >= 0.6 is 12.2 Å². The third kappa shape index (κ3) is 3.15. The highest BCUT2D eigenvalue weighted by Crippen LogP contribution is 2.07. The van der Waals surface area contributed by atoms with Crippen molar-refractivity contribution in [2.24, 2.45) is 0 Å². The van der Waals surface area contributed by atoms with E-state index in [-0.39, 0.29) is 12.1 Å². The summed E-state index contributed by atoms with van der Waals surface area (Å²) in [5.74, 6) is 0. The van der Waals surface area contributed by atoms with Crippen LogP contribution in [0.5, 0.6) is 0 Å². The second-order valence-corrected chi connectivity index (χ2v) is 4.62. The van der Waals surface area contributed by atoms with Gasteiger partial charge in [0.15, 0.2) is 11.1 Å². The van der Waals surface area contributed by atoms with Gasteiger partial charge in [-0.1, -0.05) is 12.1 Å². The fraction of sp³-hybridized carbons (Fsp3) is 0.429. The number of fused-ring (bicyclic) bond motifs is 1. The van der Waals surface area contributed by atoms with Crippen molar-refractivity contribution in [2.45, 2.75) is 26.7 Å². The van der Waals surface area contributed by atoms with Gasteiger partial charge in [0, 0.05) is 13.2 Å². The number of H-pyrrole nitrogens is 1. The molecule has 0 spiro atoms. The molecule has 0 radical (unpaired) electrons. The third-order valence-electron chi connectivity index (χ3n) is 2.93. The standard InChI is InChI=1S/C14H18N2O3S/c1-3-18-12(19-4-2)9-16-13(17)10-7-5-6-8-11(10)15-14(16)20/h5-8,12H,3-4,9H2,1-2H3,(H,15,20). The normalized spacial score (nSPS) is 11.3. The van der Waals surface area contributed by atoms with Crippen LogP contribution in [0.3, 0.4) is 0 Å². The Morgan fingerprint density at radius 1 is 1.25 bits per heavy atom. The van der Waals surface area contributed by atoms with Gasteiger partial charge in [0.05, 0.1) is 17.4 Å².